The molecule has 96 valence electrons. The van der Waals surface area contributed by atoms with E-state index in [9.17, 15) is 13.6 Å². The van der Waals surface area contributed by atoms with Crippen molar-refractivity contribution in [2.75, 3.05) is 6.61 Å². The summed E-state index contributed by atoms with van der Waals surface area (Å²) in [6.07, 6.45) is -2.80. The van der Waals surface area contributed by atoms with E-state index in [0.717, 1.165) is 6.07 Å². The molecule has 1 aromatic rings. The number of carbonyl (C=O) groups is 1. The molecule has 0 unspecified atom stereocenters. The van der Waals surface area contributed by atoms with Crippen LogP contribution in [-0.2, 0) is 10.1 Å². The zero-order valence-electron chi connectivity index (χ0n) is 9.41. The second-order valence-corrected chi connectivity index (χ2v) is 3.74. The van der Waals surface area contributed by atoms with Gasteiger partial charge in [0.25, 0.3) is 6.43 Å². The lowest BCUT2D eigenvalue weighted by Crippen LogP contribution is -2.13. The van der Waals surface area contributed by atoms with Crippen LogP contribution in [0.15, 0.2) is 6.07 Å². The molecule has 0 aliphatic heterocycles. The van der Waals surface area contributed by atoms with E-state index in [0.29, 0.717) is 0 Å². The lowest BCUT2D eigenvalue weighted by molar-refractivity contribution is 0.0524. The van der Waals surface area contributed by atoms with E-state index < -0.39 is 18.1 Å². The third kappa shape index (κ3) is 3.01. The van der Waals surface area contributed by atoms with Crippen LogP contribution in [-0.4, -0.2) is 17.6 Å². The SMILES string of the molecule is CCOC(=O)c1c(C#N)cc(C(F)F)nc1CBr. The Morgan fingerprint density at radius 3 is 2.78 bits per heavy atom. The van der Waals surface area contributed by atoms with Crippen molar-refractivity contribution in [1.29, 1.82) is 5.26 Å². The molecule has 1 aromatic heterocycles. The Morgan fingerprint density at radius 1 is 1.67 bits per heavy atom. The maximum absolute atomic E-state index is 12.6. The van der Waals surface area contributed by atoms with Crippen molar-refractivity contribution in [3.05, 3.63) is 28.6 Å². The molecule has 0 amide bonds. The highest BCUT2D eigenvalue weighted by Crippen LogP contribution is 2.23. The lowest BCUT2D eigenvalue weighted by atomic mass is 10.1. The summed E-state index contributed by atoms with van der Waals surface area (Å²) in [6, 6.07) is 2.62. The van der Waals surface area contributed by atoms with Crippen molar-refractivity contribution in [2.24, 2.45) is 0 Å². The van der Waals surface area contributed by atoms with Gasteiger partial charge in [0, 0.05) is 5.33 Å². The van der Waals surface area contributed by atoms with Crippen LogP contribution in [0.3, 0.4) is 0 Å². The van der Waals surface area contributed by atoms with Crippen LogP contribution < -0.4 is 0 Å². The quantitative estimate of drug-likeness (QED) is 0.632. The van der Waals surface area contributed by atoms with Gasteiger partial charge in [-0.2, -0.15) is 5.26 Å². The standard InChI is InChI=1S/C11H9BrF2N2O2/c1-2-18-11(17)9-6(5-15)3-7(10(13)14)16-8(9)4-12/h3,10H,2,4H2,1H3. The van der Waals surface area contributed by atoms with Crippen LogP contribution in [0.4, 0.5) is 8.78 Å². The second-order valence-electron chi connectivity index (χ2n) is 3.18. The fourth-order valence-corrected chi connectivity index (χ4v) is 1.75. The van der Waals surface area contributed by atoms with Crippen LogP contribution in [0.25, 0.3) is 0 Å². The first kappa shape index (κ1) is 14.5. The van der Waals surface area contributed by atoms with E-state index >= 15 is 0 Å². The van der Waals surface area contributed by atoms with Gasteiger partial charge in [0.2, 0.25) is 0 Å². The number of halogens is 3. The summed E-state index contributed by atoms with van der Waals surface area (Å²) in [7, 11) is 0. The van der Waals surface area contributed by atoms with Gasteiger partial charge in [0.05, 0.1) is 23.4 Å². The summed E-state index contributed by atoms with van der Waals surface area (Å²) in [6.45, 7) is 1.74. The maximum Gasteiger partial charge on any atom is 0.341 e. The fraction of sp³-hybridized carbons (Fsp3) is 0.364. The number of alkyl halides is 3. The molecule has 1 heterocycles. The summed E-state index contributed by atoms with van der Waals surface area (Å²) in [5, 5.41) is 9.00. The highest BCUT2D eigenvalue weighted by molar-refractivity contribution is 9.08. The predicted molar refractivity (Wildman–Crippen MR) is 62.5 cm³/mol. The maximum atomic E-state index is 12.6. The van der Waals surface area contributed by atoms with E-state index in [1.54, 1.807) is 13.0 Å². The van der Waals surface area contributed by atoms with Gasteiger partial charge in [-0.25, -0.2) is 18.6 Å². The Balaban J connectivity index is 3.40. The predicted octanol–water partition coefficient (Wildman–Crippen LogP) is 2.96. The highest BCUT2D eigenvalue weighted by atomic mass is 79.9. The van der Waals surface area contributed by atoms with Crippen LogP contribution in [0.5, 0.6) is 0 Å². The number of hydrogen-bond acceptors (Lipinski definition) is 4. The van der Waals surface area contributed by atoms with E-state index in [1.807, 2.05) is 0 Å². The van der Waals surface area contributed by atoms with Gasteiger partial charge in [-0.1, -0.05) is 15.9 Å². The minimum atomic E-state index is -2.80. The number of aromatic nitrogens is 1. The fourth-order valence-electron chi connectivity index (χ4n) is 1.35. The zero-order chi connectivity index (χ0) is 13.7. The molecule has 4 nitrogen and oxygen atoms in total. The molecule has 0 aromatic carbocycles. The van der Waals surface area contributed by atoms with E-state index in [4.69, 9.17) is 10.00 Å². The largest absolute Gasteiger partial charge is 0.462 e. The number of pyridine rings is 1. The average molecular weight is 319 g/mol. The number of esters is 1. The van der Waals surface area contributed by atoms with Gasteiger partial charge in [-0.05, 0) is 13.0 Å². The Kier molecular flexibility index (Phi) is 5.16. The summed E-state index contributed by atoms with van der Waals surface area (Å²) < 4.78 is 29.9. The van der Waals surface area contributed by atoms with Crippen molar-refractivity contribution in [3.63, 3.8) is 0 Å². The third-order valence-electron chi connectivity index (χ3n) is 2.06. The minimum absolute atomic E-state index is 0.0689. The Hall–Kier alpha value is -1.55. The number of nitrogens with zero attached hydrogens (tertiary/aromatic N) is 2. The number of carbonyl (C=O) groups excluding carboxylic acids is 1. The molecule has 0 aliphatic rings. The number of hydrogen-bond donors (Lipinski definition) is 0. The molecule has 0 spiro atoms. The summed E-state index contributed by atoms with van der Waals surface area (Å²) in [4.78, 5) is 15.3. The Morgan fingerprint density at radius 2 is 2.33 bits per heavy atom. The molecule has 0 saturated carbocycles. The summed E-state index contributed by atoms with van der Waals surface area (Å²) in [5.41, 5.74) is -0.689. The molecule has 0 saturated heterocycles. The smallest absolute Gasteiger partial charge is 0.341 e. The van der Waals surface area contributed by atoms with Crippen LogP contribution in [0, 0.1) is 11.3 Å². The minimum Gasteiger partial charge on any atom is -0.462 e. The molecule has 0 aliphatic carbocycles. The molecule has 7 heteroatoms. The number of rotatable bonds is 4. The molecule has 0 fully saturated rings. The number of nitriles is 1. The van der Waals surface area contributed by atoms with Crippen molar-refractivity contribution < 1.29 is 18.3 Å². The second kappa shape index (κ2) is 6.40. The van der Waals surface area contributed by atoms with E-state index in [-0.39, 0.29) is 28.8 Å². The molecule has 1 rings (SSSR count). The van der Waals surface area contributed by atoms with Crippen molar-refractivity contribution in [3.8, 4) is 6.07 Å². The molecule has 0 N–H and O–H groups in total. The molecule has 0 radical (unpaired) electrons. The van der Waals surface area contributed by atoms with Crippen molar-refractivity contribution >= 4 is 21.9 Å². The lowest BCUT2D eigenvalue weighted by Gasteiger charge is -2.10. The zero-order valence-corrected chi connectivity index (χ0v) is 11.0. The van der Waals surface area contributed by atoms with Crippen molar-refractivity contribution in [2.45, 2.75) is 18.7 Å². The summed E-state index contributed by atoms with van der Waals surface area (Å²) in [5.74, 6) is -0.739. The molecular formula is C11H9BrF2N2O2. The average Bonchev–Trinajstić information content (AvgIpc) is 2.36. The number of ether oxygens (including phenoxy) is 1. The topological polar surface area (TPSA) is 63.0 Å². The van der Waals surface area contributed by atoms with E-state index in [2.05, 4.69) is 20.9 Å². The normalized spacial score (nSPS) is 10.2. The van der Waals surface area contributed by atoms with Crippen molar-refractivity contribution in [1.82, 2.24) is 4.98 Å². The molecular weight excluding hydrogens is 310 g/mol. The Labute approximate surface area is 111 Å². The highest BCUT2D eigenvalue weighted by Gasteiger charge is 2.22. The molecule has 0 atom stereocenters. The molecule has 0 bridgehead atoms. The van der Waals surface area contributed by atoms with Gasteiger partial charge < -0.3 is 4.74 Å². The van der Waals surface area contributed by atoms with Gasteiger partial charge in [0.1, 0.15) is 11.8 Å². The van der Waals surface area contributed by atoms with Crippen LogP contribution in [0.1, 0.15) is 40.7 Å². The van der Waals surface area contributed by atoms with Crippen LogP contribution >= 0.6 is 15.9 Å². The van der Waals surface area contributed by atoms with Gasteiger partial charge in [-0.15, -0.1) is 0 Å². The first-order valence-electron chi connectivity index (χ1n) is 5.00. The van der Waals surface area contributed by atoms with Crippen LogP contribution in [0.2, 0.25) is 0 Å². The first-order chi connectivity index (χ1) is 8.54. The van der Waals surface area contributed by atoms with Gasteiger partial charge in [-0.3, -0.25) is 0 Å². The van der Waals surface area contributed by atoms with Gasteiger partial charge >= 0.3 is 5.97 Å². The summed E-state index contributed by atoms with van der Waals surface area (Å²) >= 11 is 3.05. The first-order valence-corrected chi connectivity index (χ1v) is 6.12. The molecule has 18 heavy (non-hydrogen) atoms. The van der Waals surface area contributed by atoms with Gasteiger partial charge in [0.15, 0.2) is 0 Å². The van der Waals surface area contributed by atoms with E-state index in [1.165, 1.54) is 0 Å². The monoisotopic (exact) mass is 318 g/mol. The Bertz CT molecular complexity index is 501. The third-order valence-corrected chi connectivity index (χ3v) is 2.60.